The van der Waals surface area contributed by atoms with Gasteiger partial charge in [0.1, 0.15) is 18.0 Å². The summed E-state index contributed by atoms with van der Waals surface area (Å²) >= 11 is 0. The van der Waals surface area contributed by atoms with Crippen LogP contribution in [0.4, 0.5) is 24.5 Å². The summed E-state index contributed by atoms with van der Waals surface area (Å²) in [6, 6.07) is 10.1. The van der Waals surface area contributed by atoms with Crippen LogP contribution in [0, 0.1) is 6.92 Å². The molecule has 2 aliphatic rings. The fraction of sp³-hybridized carbons (Fsp3) is 0.240. The first kappa shape index (κ1) is 21.6. The van der Waals surface area contributed by atoms with Crippen LogP contribution in [0.15, 0.2) is 54.9 Å². The second-order valence-corrected chi connectivity index (χ2v) is 8.84. The molecule has 1 saturated heterocycles. The van der Waals surface area contributed by atoms with Gasteiger partial charge in [0.2, 0.25) is 0 Å². The Morgan fingerprint density at radius 1 is 1.11 bits per heavy atom. The van der Waals surface area contributed by atoms with Crippen molar-refractivity contribution in [2.24, 2.45) is 0 Å². The first-order valence-electron chi connectivity index (χ1n) is 10.8. The molecular formula is C25H18F3N3O4. The molecule has 6 rings (SSSR count). The zero-order valence-corrected chi connectivity index (χ0v) is 18.3. The van der Waals surface area contributed by atoms with Gasteiger partial charge in [-0.05, 0) is 48.4 Å². The van der Waals surface area contributed by atoms with Crippen molar-refractivity contribution in [1.29, 1.82) is 0 Å². The first-order valence-corrected chi connectivity index (χ1v) is 10.8. The number of hydrogen-bond donors (Lipinski definition) is 1. The van der Waals surface area contributed by atoms with E-state index in [9.17, 15) is 23.1 Å². The number of cyclic esters (lactones) is 1. The minimum atomic E-state index is -4.89. The molecule has 0 aliphatic carbocycles. The van der Waals surface area contributed by atoms with Crippen molar-refractivity contribution in [3.63, 3.8) is 0 Å². The summed E-state index contributed by atoms with van der Waals surface area (Å²) in [4.78, 5) is 23.6. The predicted octanol–water partition coefficient (Wildman–Crippen LogP) is 4.34. The molecule has 1 N–H and O–H groups in total. The number of nitrogens with zero attached hydrogens (tertiary/aromatic N) is 3. The number of benzene rings is 2. The lowest BCUT2D eigenvalue weighted by Crippen LogP contribution is -2.56. The molecule has 2 atom stereocenters. The van der Waals surface area contributed by atoms with Gasteiger partial charge in [-0.25, -0.2) is 4.79 Å². The first-order chi connectivity index (χ1) is 16.6. The Morgan fingerprint density at radius 2 is 1.83 bits per heavy atom. The molecule has 4 heterocycles. The molecule has 2 aliphatic heterocycles. The van der Waals surface area contributed by atoms with Crippen molar-refractivity contribution in [3.05, 3.63) is 66.0 Å². The standard InChI is InChI=1S/C25H18F3N3O4/c1-13-8-14(10-15(9-13)35-25(26,27)28)31-21-18(11-24(33)12-34-23(32)22(24)31)16-4-2-6-29-19(16)17-5-3-7-30-20(17)21/h2-10,22,33H,11-12H2,1H3. The number of anilines is 2. The van der Waals surface area contributed by atoms with Crippen molar-refractivity contribution in [2.45, 2.75) is 31.3 Å². The van der Waals surface area contributed by atoms with Crippen molar-refractivity contribution in [2.75, 3.05) is 11.5 Å². The highest BCUT2D eigenvalue weighted by atomic mass is 19.4. The fourth-order valence-electron chi connectivity index (χ4n) is 5.20. The number of esters is 1. The van der Waals surface area contributed by atoms with Crippen LogP contribution < -0.4 is 9.64 Å². The molecule has 2 aromatic heterocycles. The molecule has 0 radical (unpaired) electrons. The van der Waals surface area contributed by atoms with Crippen LogP contribution in [0.2, 0.25) is 0 Å². The molecule has 0 saturated carbocycles. The van der Waals surface area contributed by atoms with Gasteiger partial charge in [-0.2, -0.15) is 0 Å². The second kappa shape index (κ2) is 7.29. The van der Waals surface area contributed by atoms with E-state index in [0.717, 1.165) is 5.39 Å². The molecule has 7 nitrogen and oxygen atoms in total. The minimum Gasteiger partial charge on any atom is -0.461 e. The number of pyridine rings is 2. The molecule has 2 aromatic carbocycles. The number of fused-ring (bicyclic) bond motifs is 7. The van der Waals surface area contributed by atoms with Crippen LogP contribution in [0.5, 0.6) is 5.75 Å². The Balaban J connectivity index is 1.70. The van der Waals surface area contributed by atoms with Gasteiger partial charge in [-0.1, -0.05) is 6.07 Å². The Morgan fingerprint density at radius 3 is 2.57 bits per heavy atom. The van der Waals surface area contributed by atoms with Crippen molar-refractivity contribution < 1.29 is 32.5 Å². The summed E-state index contributed by atoms with van der Waals surface area (Å²) in [6.45, 7) is 1.38. The summed E-state index contributed by atoms with van der Waals surface area (Å²) < 4.78 is 48.6. The zero-order chi connectivity index (χ0) is 24.5. The maximum atomic E-state index is 13.0. The lowest BCUT2D eigenvalue weighted by molar-refractivity contribution is -0.274. The number of aryl methyl sites for hydroxylation is 1. The summed E-state index contributed by atoms with van der Waals surface area (Å²) in [6.07, 6.45) is -1.56. The summed E-state index contributed by atoms with van der Waals surface area (Å²) in [5.74, 6) is -1.11. The number of rotatable bonds is 2. The maximum Gasteiger partial charge on any atom is 0.573 e. The summed E-state index contributed by atoms with van der Waals surface area (Å²) in [5, 5.41) is 13.0. The van der Waals surface area contributed by atoms with E-state index in [-0.39, 0.29) is 18.7 Å². The lowest BCUT2D eigenvalue weighted by atomic mass is 9.80. The average molecular weight is 481 g/mol. The SMILES string of the molecule is Cc1cc(OC(F)(F)F)cc(N2c3c(c4cccnc4c4cccnc34)CC3(O)COC(=O)C23)c1. The number of carbonyl (C=O) groups is 1. The van der Waals surface area contributed by atoms with Crippen LogP contribution in [-0.2, 0) is 16.0 Å². The third kappa shape index (κ3) is 3.35. The van der Waals surface area contributed by atoms with E-state index in [1.165, 1.54) is 17.0 Å². The van der Waals surface area contributed by atoms with Crippen molar-refractivity contribution in [1.82, 2.24) is 9.97 Å². The van der Waals surface area contributed by atoms with Crippen LogP contribution in [0.3, 0.4) is 0 Å². The Bertz CT molecular complexity index is 1520. The molecule has 0 spiro atoms. The zero-order valence-electron chi connectivity index (χ0n) is 18.3. The number of alkyl halides is 3. The molecule has 2 unspecified atom stereocenters. The van der Waals surface area contributed by atoms with E-state index >= 15 is 0 Å². The van der Waals surface area contributed by atoms with E-state index in [4.69, 9.17) is 4.74 Å². The molecule has 0 bridgehead atoms. The smallest absolute Gasteiger partial charge is 0.461 e. The summed E-state index contributed by atoms with van der Waals surface area (Å²) in [7, 11) is 0. The van der Waals surface area contributed by atoms with Gasteiger partial charge in [0.05, 0.1) is 16.7 Å². The van der Waals surface area contributed by atoms with Gasteiger partial charge < -0.3 is 19.5 Å². The fourth-order valence-corrected chi connectivity index (χ4v) is 5.20. The quantitative estimate of drug-likeness (QED) is 0.337. The molecule has 35 heavy (non-hydrogen) atoms. The maximum absolute atomic E-state index is 13.0. The van der Waals surface area contributed by atoms with Crippen LogP contribution >= 0.6 is 0 Å². The number of halogens is 3. The van der Waals surface area contributed by atoms with E-state index in [1.807, 2.05) is 12.1 Å². The highest BCUT2D eigenvalue weighted by molar-refractivity contribution is 6.14. The highest BCUT2D eigenvalue weighted by Crippen LogP contribution is 2.50. The van der Waals surface area contributed by atoms with Crippen LogP contribution in [-0.4, -0.2) is 45.7 Å². The molecular weight excluding hydrogens is 463 g/mol. The van der Waals surface area contributed by atoms with E-state index < -0.39 is 29.7 Å². The van der Waals surface area contributed by atoms with Gasteiger partial charge >= 0.3 is 12.3 Å². The van der Waals surface area contributed by atoms with Gasteiger partial charge in [0.15, 0.2) is 6.04 Å². The van der Waals surface area contributed by atoms with E-state index in [1.54, 1.807) is 37.5 Å². The Labute approximate surface area is 196 Å². The monoisotopic (exact) mass is 481 g/mol. The van der Waals surface area contributed by atoms with Crippen molar-refractivity contribution in [3.8, 4) is 5.75 Å². The molecule has 4 aromatic rings. The third-order valence-electron chi connectivity index (χ3n) is 6.43. The molecule has 0 amide bonds. The van der Waals surface area contributed by atoms with Crippen LogP contribution in [0.1, 0.15) is 11.1 Å². The highest BCUT2D eigenvalue weighted by Gasteiger charge is 2.57. The molecule has 178 valence electrons. The van der Waals surface area contributed by atoms with Gasteiger partial charge in [0.25, 0.3) is 0 Å². The molecule has 1 fully saturated rings. The Kier molecular flexibility index (Phi) is 4.50. The van der Waals surface area contributed by atoms with Crippen LogP contribution in [0.25, 0.3) is 21.8 Å². The van der Waals surface area contributed by atoms with E-state index in [2.05, 4.69) is 14.7 Å². The van der Waals surface area contributed by atoms with Gasteiger partial charge in [-0.15, -0.1) is 13.2 Å². The number of ether oxygens (including phenoxy) is 2. The van der Waals surface area contributed by atoms with Gasteiger partial charge in [0, 0.05) is 41.3 Å². The second-order valence-electron chi connectivity index (χ2n) is 8.84. The van der Waals surface area contributed by atoms with E-state index in [0.29, 0.717) is 33.2 Å². The predicted molar refractivity (Wildman–Crippen MR) is 120 cm³/mol. The average Bonchev–Trinajstić information content (AvgIpc) is 3.10. The van der Waals surface area contributed by atoms with Crippen molar-refractivity contribution >= 4 is 39.1 Å². The third-order valence-corrected chi connectivity index (χ3v) is 6.43. The summed E-state index contributed by atoms with van der Waals surface area (Å²) in [5.41, 5.74) is 1.48. The number of aromatic nitrogens is 2. The number of carbonyl (C=O) groups excluding carboxylic acids is 1. The van der Waals surface area contributed by atoms with Gasteiger partial charge in [-0.3, -0.25) is 9.97 Å². The largest absolute Gasteiger partial charge is 0.573 e. The number of aliphatic hydroxyl groups is 1. The lowest BCUT2D eigenvalue weighted by Gasteiger charge is -2.43. The number of hydrogen-bond acceptors (Lipinski definition) is 7. The Hall–Kier alpha value is -3.92. The minimum absolute atomic E-state index is 0.0850. The topological polar surface area (TPSA) is 84.8 Å². The normalized spacial score (nSPS) is 21.7. The molecule has 10 heteroatoms.